The van der Waals surface area contributed by atoms with Gasteiger partial charge in [-0.2, -0.15) is 0 Å². The van der Waals surface area contributed by atoms with Crippen molar-refractivity contribution in [2.75, 3.05) is 5.32 Å². The molecule has 3 rings (SSSR count). The Balaban J connectivity index is 1.74. The first-order valence-corrected chi connectivity index (χ1v) is 8.87. The Labute approximate surface area is 155 Å². The van der Waals surface area contributed by atoms with Gasteiger partial charge in [0, 0.05) is 10.2 Å². The molecule has 128 valence electrons. The molecular weight excluding hydrogens is 380 g/mol. The van der Waals surface area contributed by atoms with Crippen molar-refractivity contribution in [3.05, 3.63) is 70.5 Å². The Morgan fingerprint density at radius 2 is 1.96 bits per heavy atom. The van der Waals surface area contributed by atoms with E-state index < -0.39 is 0 Å². The zero-order valence-electron chi connectivity index (χ0n) is 14.1. The molecule has 5 nitrogen and oxygen atoms in total. The number of benzene rings is 2. The van der Waals surface area contributed by atoms with Crippen LogP contribution in [0.3, 0.4) is 0 Å². The number of nitrogens with zero attached hydrogens (tertiary/aromatic N) is 3. The lowest BCUT2D eigenvalue weighted by Gasteiger charge is -2.11. The number of carbonyl (C=O) groups is 1. The van der Waals surface area contributed by atoms with Crippen molar-refractivity contribution in [2.45, 2.75) is 26.2 Å². The van der Waals surface area contributed by atoms with Gasteiger partial charge in [0.2, 0.25) is 5.91 Å². The van der Waals surface area contributed by atoms with Gasteiger partial charge in [0.15, 0.2) is 0 Å². The first-order chi connectivity index (χ1) is 12.0. The lowest BCUT2D eigenvalue weighted by molar-refractivity contribution is -0.115. The van der Waals surface area contributed by atoms with Crippen molar-refractivity contribution >= 4 is 27.5 Å². The molecule has 3 aromatic rings. The van der Waals surface area contributed by atoms with Crippen LogP contribution in [0.1, 0.15) is 31.0 Å². The highest BCUT2D eigenvalue weighted by molar-refractivity contribution is 9.10. The van der Waals surface area contributed by atoms with Crippen molar-refractivity contribution < 1.29 is 4.79 Å². The second-order valence-electron chi connectivity index (χ2n) is 6.13. The van der Waals surface area contributed by atoms with E-state index in [0.717, 1.165) is 27.1 Å². The summed E-state index contributed by atoms with van der Waals surface area (Å²) in [7, 11) is 0. The minimum atomic E-state index is -0.0536. The van der Waals surface area contributed by atoms with Gasteiger partial charge >= 0.3 is 0 Å². The van der Waals surface area contributed by atoms with Gasteiger partial charge in [-0.25, -0.2) is 4.68 Å². The summed E-state index contributed by atoms with van der Waals surface area (Å²) in [6.45, 7) is 4.19. The van der Waals surface area contributed by atoms with E-state index in [4.69, 9.17) is 0 Å². The summed E-state index contributed by atoms with van der Waals surface area (Å²) in [5.74, 6) is 0.257. The largest absolute Gasteiger partial charge is 0.326 e. The van der Waals surface area contributed by atoms with E-state index in [2.05, 4.69) is 45.4 Å². The normalized spacial score (nSPS) is 10.9. The second-order valence-corrected chi connectivity index (χ2v) is 7.04. The molecule has 0 unspecified atom stereocenters. The fourth-order valence-electron chi connectivity index (χ4n) is 2.55. The van der Waals surface area contributed by atoms with E-state index in [1.165, 1.54) is 0 Å². The fraction of sp³-hybridized carbons (Fsp3) is 0.211. The predicted octanol–water partition coefficient (Wildman–Crippen LogP) is 4.33. The minimum Gasteiger partial charge on any atom is -0.326 e. The third kappa shape index (κ3) is 4.33. The third-order valence-electron chi connectivity index (χ3n) is 3.82. The maximum absolute atomic E-state index is 12.3. The summed E-state index contributed by atoms with van der Waals surface area (Å²) in [5.41, 5.74) is 3.61. The second kappa shape index (κ2) is 7.61. The Morgan fingerprint density at radius 3 is 2.68 bits per heavy atom. The maximum atomic E-state index is 12.3. The summed E-state index contributed by atoms with van der Waals surface area (Å²) in [4.78, 5) is 12.3. The van der Waals surface area contributed by atoms with Crippen LogP contribution in [0.25, 0.3) is 5.69 Å². The van der Waals surface area contributed by atoms with Crippen molar-refractivity contribution in [1.29, 1.82) is 0 Å². The Morgan fingerprint density at radius 1 is 1.20 bits per heavy atom. The average Bonchev–Trinajstić information content (AvgIpc) is 3.07. The van der Waals surface area contributed by atoms with Crippen molar-refractivity contribution in [3.63, 3.8) is 0 Å². The molecule has 0 bridgehead atoms. The Kier molecular flexibility index (Phi) is 5.28. The van der Waals surface area contributed by atoms with E-state index >= 15 is 0 Å². The quantitative estimate of drug-likeness (QED) is 0.695. The van der Waals surface area contributed by atoms with Crippen molar-refractivity contribution in [2.24, 2.45) is 0 Å². The molecule has 6 heteroatoms. The molecule has 1 amide bonds. The van der Waals surface area contributed by atoms with Gasteiger partial charge < -0.3 is 5.32 Å². The molecule has 0 aliphatic carbocycles. The number of amides is 1. The molecule has 0 spiro atoms. The van der Waals surface area contributed by atoms with Gasteiger partial charge in [0.05, 0.1) is 24.0 Å². The number of hydrogen-bond donors (Lipinski definition) is 1. The van der Waals surface area contributed by atoms with Crippen LogP contribution >= 0.6 is 15.9 Å². The molecule has 0 saturated carbocycles. The van der Waals surface area contributed by atoms with E-state index in [1.54, 1.807) is 10.9 Å². The number of anilines is 1. The summed E-state index contributed by atoms with van der Waals surface area (Å²) in [6.07, 6.45) is 2.10. The third-order valence-corrected chi connectivity index (χ3v) is 4.35. The fourth-order valence-corrected chi connectivity index (χ4v) is 2.81. The SMILES string of the molecule is CC(C)c1cnnn1-c1cccc(NC(=O)Cc2ccc(Br)cc2)c1. The van der Waals surface area contributed by atoms with Gasteiger partial charge in [-0.15, -0.1) is 5.10 Å². The molecule has 0 atom stereocenters. The van der Waals surface area contributed by atoms with Gasteiger partial charge in [-0.1, -0.05) is 53.2 Å². The minimum absolute atomic E-state index is 0.0536. The molecule has 0 saturated heterocycles. The monoisotopic (exact) mass is 398 g/mol. The van der Waals surface area contributed by atoms with Crippen LogP contribution in [0.4, 0.5) is 5.69 Å². The maximum Gasteiger partial charge on any atom is 0.228 e. The van der Waals surface area contributed by atoms with Gasteiger partial charge in [0.1, 0.15) is 0 Å². The Bertz CT molecular complexity index is 871. The van der Waals surface area contributed by atoms with Gasteiger partial charge in [-0.05, 0) is 41.8 Å². The van der Waals surface area contributed by atoms with Crippen molar-refractivity contribution in [1.82, 2.24) is 15.0 Å². The van der Waals surface area contributed by atoms with Crippen LogP contribution in [0.2, 0.25) is 0 Å². The molecule has 0 aliphatic rings. The molecule has 0 aliphatic heterocycles. The molecule has 2 aromatic carbocycles. The number of carbonyl (C=O) groups excluding carboxylic acids is 1. The molecule has 25 heavy (non-hydrogen) atoms. The van der Waals surface area contributed by atoms with E-state index in [1.807, 2.05) is 48.5 Å². The molecular formula is C19H19BrN4O. The number of halogens is 1. The number of aromatic nitrogens is 3. The molecule has 0 fully saturated rings. The summed E-state index contributed by atoms with van der Waals surface area (Å²) in [6, 6.07) is 15.4. The predicted molar refractivity (Wildman–Crippen MR) is 102 cm³/mol. The summed E-state index contributed by atoms with van der Waals surface area (Å²) >= 11 is 3.39. The number of nitrogens with one attached hydrogen (secondary N) is 1. The van der Waals surface area contributed by atoms with Crippen LogP contribution in [0.5, 0.6) is 0 Å². The standard InChI is InChI=1S/C19H19BrN4O/c1-13(2)18-12-21-23-24(18)17-5-3-4-16(11-17)22-19(25)10-14-6-8-15(20)9-7-14/h3-9,11-13H,10H2,1-2H3,(H,22,25). The molecule has 1 aromatic heterocycles. The summed E-state index contributed by atoms with van der Waals surface area (Å²) < 4.78 is 2.80. The van der Waals surface area contributed by atoms with Crippen LogP contribution < -0.4 is 5.32 Å². The lowest BCUT2D eigenvalue weighted by Crippen LogP contribution is -2.14. The highest BCUT2D eigenvalue weighted by atomic mass is 79.9. The molecule has 1 heterocycles. The van der Waals surface area contributed by atoms with Crippen LogP contribution in [-0.2, 0) is 11.2 Å². The van der Waals surface area contributed by atoms with E-state index in [-0.39, 0.29) is 5.91 Å². The smallest absolute Gasteiger partial charge is 0.228 e. The average molecular weight is 399 g/mol. The van der Waals surface area contributed by atoms with Crippen LogP contribution in [0, 0.1) is 0 Å². The first kappa shape index (κ1) is 17.4. The van der Waals surface area contributed by atoms with Crippen LogP contribution in [-0.4, -0.2) is 20.9 Å². The topological polar surface area (TPSA) is 59.8 Å². The molecule has 1 N–H and O–H groups in total. The van der Waals surface area contributed by atoms with Crippen LogP contribution in [0.15, 0.2) is 59.2 Å². The number of hydrogen-bond acceptors (Lipinski definition) is 3. The van der Waals surface area contributed by atoms with Crippen molar-refractivity contribution in [3.8, 4) is 5.69 Å². The summed E-state index contributed by atoms with van der Waals surface area (Å²) in [5, 5.41) is 11.1. The zero-order chi connectivity index (χ0) is 17.8. The van der Waals surface area contributed by atoms with Gasteiger partial charge in [-0.3, -0.25) is 4.79 Å². The number of rotatable bonds is 5. The highest BCUT2D eigenvalue weighted by Gasteiger charge is 2.11. The Hall–Kier alpha value is -2.47. The van der Waals surface area contributed by atoms with E-state index in [0.29, 0.717) is 12.3 Å². The first-order valence-electron chi connectivity index (χ1n) is 8.08. The highest BCUT2D eigenvalue weighted by Crippen LogP contribution is 2.20. The molecule has 0 radical (unpaired) electrons. The zero-order valence-corrected chi connectivity index (χ0v) is 15.7. The lowest BCUT2D eigenvalue weighted by atomic mass is 10.1. The van der Waals surface area contributed by atoms with Gasteiger partial charge in [0.25, 0.3) is 0 Å². The van der Waals surface area contributed by atoms with E-state index in [9.17, 15) is 4.79 Å².